The summed E-state index contributed by atoms with van der Waals surface area (Å²) in [6.45, 7) is 2.11. The molecule has 0 aliphatic heterocycles. The summed E-state index contributed by atoms with van der Waals surface area (Å²) in [5, 5.41) is 13.1. The van der Waals surface area contributed by atoms with Crippen molar-refractivity contribution < 1.29 is 13.9 Å². The van der Waals surface area contributed by atoms with Gasteiger partial charge in [-0.15, -0.1) is 10.2 Å². The van der Waals surface area contributed by atoms with E-state index in [-0.39, 0.29) is 17.5 Å². The first-order valence-electron chi connectivity index (χ1n) is 6.94. The van der Waals surface area contributed by atoms with Crippen molar-refractivity contribution in [2.45, 2.75) is 11.9 Å². The number of fused-ring (bicyclic) bond motifs is 1. The molecule has 3 aromatic rings. The van der Waals surface area contributed by atoms with E-state index in [1.807, 2.05) is 0 Å². The highest BCUT2D eigenvalue weighted by molar-refractivity contribution is 7.99. The van der Waals surface area contributed by atoms with Gasteiger partial charge in [0, 0.05) is 5.56 Å². The number of rotatable bonds is 5. The standard InChI is InChI=1S/C15H13FN4O2S/c1-2-22-14(21)9-23-13-7-6-12-17-18-15(20(12)19-13)10-4-3-5-11(16)8-10/h3-8H,2,9H2,1H3. The average molecular weight is 332 g/mol. The molecule has 0 spiro atoms. The van der Waals surface area contributed by atoms with E-state index in [0.717, 1.165) is 0 Å². The van der Waals surface area contributed by atoms with Crippen LogP contribution in [0.25, 0.3) is 17.0 Å². The molecule has 0 aliphatic carbocycles. The Hall–Kier alpha value is -2.48. The van der Waals surface area contributed by atoms with Gasteiger partial charge in [0.15, 0.2) is 11.5 Å². The van der Waals surface area contributed by atoms with Gasteiger partial charge in [0.1, 0.15) is 10.8 Å². The van der Waals surface area contributed by atoms with Crippen molar-refractivity contribution in [3.8, 4) is 11.4 Å². The summed E-state index contributed by atoms with van der Waals surface area (Å²) in [5.74, 6) is -0.0391. The third-order valence-corrected chi connectivity index (χ3v) is 3.86. The Balaban J connectivity index is 1.89. The fourth-order valence-corrected chi connectivity index (χ4v) is 2.64. The molecule has 8 heteroatoms. The van der Waals surface area contributed by atoms with Gasteiger partial charge in [-0.2, -0.15) is 9.61 Å². The van der Waals surface area contributed by atoms with E-state index in [2.05, 4.69) is 15.3 Å². The molecule has 0 saturated carbocycles. The minimum absolute atomic E-state index is 0.170. The smallest absolute Gasteiger partial charge is 0.316 e. The van der Waals surface area contributed by atoms with Gasteiger partial charge in [-0.3, -0.25) is 4.79 Å². The summed E-state index contributed by atoms with van der Waals surface area (Å²) in [6.07, 6.45) is 0. The SMILES string of the molecule is CCOC(=O)CSc1ccc2nnc(-c3cccc(F)c3)n2n1. The largest absolute Gasteiger partial charge is 0.465 e. The first kappa shape index (κ1) is 15.4. The minimum atomic E-state index is -0.355. The Morgan fingerprint density at radius 2 is 2.17 bits per heavy atom. The Morgan fingerprint density at radius 1 is 1.30 bits per heavy atom. The molecule has 3 rings (SSSR count). The van der Waals surface area contributed by atoms with Gasteiger partial charge in [0.2, 0.25) is 0 Å². The van der Waals surface area contributed by atoms with E-state index in [1.165, 1.54) is 28.4 Å². The van der Waals surface area contributed by atoms with Crippen LogP contribution in [0.1, 0.15) is 6.92 Å². The fourth-order valence-electron chi connectivity index (χ4n) is 1.99. The van der Waals surface area contributed by atoms with Crippen LogP contribution in [0.3, 0.4) is 0 Å². The number of carbonyl (C=O) groups excluding carboxylic acids is 1. The molecule has 0 bridgehead atoms. The molecule has 1 aromatic carbocycles. The third kappa shape index (κ3) is 3.48. The number of nitrogens with zero attached hydrogens (tertiary/aromatic N) is 4. The summed E-state index contributed by atoms with van der Waals surface area (Å²) in [6, 6.07) is 9.57. The number of esters is 1. The average Bonchev–Trinajstić information content (AvgIpc) is 2.96. The van der Waals surface area contributed by atoms with Crippen LogP contribution in [0.5, 0.6) is 0 Å². The Kier molecular flexibility index (Phi) is 4.52. The molecule has 0 unspecified atom stereocenters. The second kappa shape index (κ2) is 6.74. The molecule has 0 N–H and O–H groups in total. The molecule has 118 valence electrons. The van der Waals surface area contributed by atoms with Crippen molar-refractivity contribution in [3.05, 3.63) is 42.2 Å². The Bertz CT molecular complexity index is 852. The maximum absolute atomic E-state index is 13.4. The summed E-state index contributed by atoms with van der Waals surface area (Å²) in [7, 11) is 0. The van der Waals surface area contributed by atoms with Crippen LogP contribution < -0.4 is 0 Å². The first-order valence-corrected chi connectivity index (χ1v) is 7.93. The molecule has 2 heterocycles. The maximum atomic E-state index is 13.4. The minimum Gasteiger partial charge on any atom is -0.465 e. The van der Waals surface area contributed by atoms with Gasteiger partial charge in [-0.1, -0.05) is 23.9 Å². The molecule has 0 saturated heterocycles. The number of benzene rings is 1. The molecule has 2 aromatic heterocycles. The zero-order valence-corrected chi connectivity index (χ0v) is 13.1. The molecule has 0 fully saturated rings. The number of halogens is 1. The van der Waals surface area contributed by atoms with Crippen molar-refractivity contribution in [2.24, 2.45) is 0 Å². The number of hydrogen-bond acceptors (Lipinski definition) is 6. The second-order valence-corrected chi connectivity index (χ2v) is 5.56. The van der Waals surface area contributed by atoms with Crippen molar-refractivity contribution in [2.75, 3.05) is 12.4 Å². The highest BCUT2D eigenvalue weighted by atomic mass is 32.2. The van der Waals surface area contributed by atoms with Crippen LogP contribution in [0, 0.1) is 5.82 Å². The number of hydrogen-bond donors (Lipinski definition) is 0. The van der Waals surface area contributed by atoms with E-state index in [0.29, 0.717) is 28.7 Å². The Morgan fingerprint density at radius 3 is 2.96 bits per heavy atom. The van der Waals surface area contributed by atoms with Crippen molar-refractivity contribution in [1.82, 2.24) is 19.8 Å². The number of thioether (sulfide) groups is 1. The highest BCUT2D eigenvalue weighted by Gasteiger charge is 2.12. The second-order valence-electron chi connectivity index (χ2n) is 4.57. The summed E-state index contributed by atoms with van der Waals surface area (Å²) >= 11 is 1.26. The van der Waals surface area contributed by atoms with Crippen molar-refractivity contribution >= 4 is 23.4 Å². The van der Waals surface area contributed by atoms with Crippen LogP contribution in [-0.2, 0) is 9.53 Å². The van der Waals surface area contributed by atoms with E-state index < -0.39 is 0 Å². The van der Waals surface area contributed by atoms with E-state index in [9.17, 15) is 9.18 Å². The molecule has 0 amide bonds. The fraction of sp³-hybridized carbons (Fsp3) is 0.200. The lowest BCUT2D eigenvalue weighted by atomic mass is 10.2. The zero-order chi connectivity index (χ0) is 16.2. The molecule has 6 nitrogen and oxygen atoms in total. The molecular formula is C15H13FN4O2S. The van der Waals surface area contributed by atoms with Crippen LogP contribution in [0.4, 0.5) is 4.39 Å². The van der Waals surface area contributed by atoms with Gasteiger partial charge < -0.3 is 4.74 Å². The van der Waals surface area contributed by atoms with Crippen LogP contribution >= 0.6 is 11.8 Å². The van der Waals surface area contributed by atoms with Crippen LogP contribution in [0.15, 0.2) is 41.4 Å². The third-order valence-electron chi connectivity index (χ3n) is 2.96. The molecule has 0 radical (unpaired) electrons. The van der Waals surface area contributed by atoms with E-state index >= 15 is 0 Å². The lowest BCUT2D eigenvalue weighted by molar-refractivity contribution is -0.139. The lowest BCUT2D eigenvalue weighted by Crippen LogP contribution is -2.07. The van der Waals surface area contributed by atoms with E-state index in [1.54, 1.807) is 31.2 Å². The summed E-state index contributed by atoms with van der Waals surface area (Å²) in [5.41, 5.74) is 1.13. The van der Waals surface area contributed by atoms with Crippen molar-refractivity contribution in [3.63, 3.8) is 0 Å². The van der Waals surface area contributed by atoms with Gasteiger partial charge in [0.05, 0.1) is 12.4 Å². The maximum Gasteiger partial charge on any atom is 0.316 e. The first-order chi connectivity index (χ1) is 11.2. The normalized spacial score (nSPS) is 10.9. The molecular weight excluding hydrogens is 319 g/mol. The number of aromatic nitrogens is 4. The summed E-state index contributed by atoms with van der Waals surface area (Å²) in [4.78, 5) is 11.4. The van der Waals surface area contributed by atoms with Gasteiger partial charge in [-0.05, 0) is 31.2 Å². The predicted molar refractivity (Wildman–Crippen MR) is 83.5 cm³/mol. The Labute approximate surface area is 135 Å². The number of carbonyl (C=O) groups is 1. The summed E-state index contributed by atoms with van der Waals surface area (Å²) < 4.78 is 19.8. The zero-order valence-electron chi connectivity index (χ0n) is 12.3. The van der Waals surface area contributed by atoms with Crippen LogP contribution in [0.2, 0.25) is 0 Å². The van der Waals surface area contributed by atoms with Crippen LogP contribution in [-0.4, -0.2) is 38.1 Å². The predicted octanol–water partition coefficient (Wildman–Crippen LogP) is 2.59. The lowest BCUT2D eigenvalue weighted by Gasteiger charge is -2.03. The van der Waals surface area contributed by atoms with Gasteiger partial charge in [0.25, 0.3) is 0 Å². The molecule has 23 heavy (non-hydrogen) atoms. The van der Waals surface area contributed by atoms with Gasteiger partial charge in [-0.25, -0.2) is 4.39 Å². The molecule has 0 aliphatic rings. The quantitative estimate of drug-likeness (QED) is 0.528. The highest BCUT2D eigenvalue weighted by Crippen LogP contribution is 2.21. The topological polar surface area (TPSA) is 69.4 Å². The monoisotopic (exact) mass is 332 g/mol. The van der Waals surface area contributed by atoms with E-state index in [4.69, 9.17) is 4.74 Å². The van der Waals surface area contributed by atoms with Gasteiger partial charge >= 0.3 is 5.97 Å². The van der Waals surface area contributed by atoms with Crippen molar-refractivity contribution in [1.29, 1.82) is 0 Å². The number of ether oxygens (including phenoxy) is 1. The molecule has 0 atom stereocenters.